The first-order valence-electron chi connectivity index (χ1n) is 4.60. The van der Waals surface area contributed by atoms with Gasteiger partial charge >= 0.3 is 0 Å². The standard InChI is InChI=1S/C12H11ClO2/c1-8-7-15-12(11(8)13)9-3-5-10(14-2)6-4-9/h3-7H,1-2H3. The Morgan fingerprint density at radius 3 is 2.33 bits per heavy atom. The summed E-state index contributed by atoms with van der Waals surface area (Å²) in [5.41, 5.74) is 1.90. The molecule has 78 valence electrons. The Kier molecular flexibility index (Phi) is 2.69. The molecule has 2 nitrogen and oxygen atoms in total. The molecule has 0 saturated heterocycles. The number of aryl methyl sites for hydroxylation is 1. The summed E-state index contributed by atoms with van der Waals surface area (Å²) in [6, 6.07) is 7.60. The average Bonchev–Trinajstić information content (AvgIpc) is 2.60. The molecule has 0 fully saturated rings. The van der Waals surface area contributed by atoms with Crippen LogP contribution in [0.25, 0.3) is 11.3 Å². The lowest BCUT2D eigenvalue weighted by molar-refractivity contribution is 0.415. The van der Waals surface area contributed by atoms with Gasteiger partial charge in [0.05, 0.1) is 18.4 Å². The molecule has 3 heteroatoms. The Morgan fingerprint density at radius 1 is 1.20 bits per heavy atom. The minimum Gasteiger partial charge on any atom is -0.497 e. The van der Waals surface area contributed by atoms with Crippen molar-refractivity contribution in [1.82, 2.24) is 0 Å². The number of rotatable bonds is 2. The topological polar surface area (TPSA) is 22.4 Å². The van der Waals surface area contributed by atoms with Gasteiger partial charge < -0.3 is 9.15 Å². The molecular formula is C12H11ClO2. The molecule has 2 aromatic rings. The molecular weight excluding hydrogens is 212 g/mol. The smallest absolute Gasteiger partial charge is 0.152 e. The monoisotopic (exact) mass is 222 g/mol. The van der Waals surface area contributed by atoms with Crippen LogP contribution >= 0.6 is 11.6 Å². The highest BCUT2D eigenvalue weighted by Crippen LogP contribution is 2.32. The Labute approximate surface area is 93.4 Å². The zero-order chi connectivity index (χ0) is 10.8. The number of ether oxygens (including phenoxy) is 1. The summed E-state index contributed by atoms with van der Waals surface area (Å²) < 4.78 is 10.5. The van der Waals surface area contributed by atoms with E-state index in [1.807, 2.05) is 31.2 Å². The third-order valence-electron chi connectivity index (χ3n) is 2.25. The van der Waals surface area contributed by atoms with Gasteiger partial charge in [0, 0.05) is 11.1 Å². The minimum absolute atomic E-state index is 0.667. The van der Waals surface area contributed by atoms with Crippen LogP contribution in [-0.2, 0) is 0 Å². The van der Waals surface area contributed by atoms with Crippen molar-refractivity contribution >= 4 is 11.6 Å². The first-order valence-corrected chi connectivity index (χ1v) is 4.98. The lowest BCUT2D eigenvalue weighted by Gasteiger charge is -2.01. The van der Waals surface area contributed by atoms with Gasteiger partial charge in [-0.3, -0.25) is 0 Å². The maximum absolute atomic E-state index is 6.09. The van der Waals surface area contributed by atoms with Crippen LogP contribution < -0.4 is 4.74 Å². The molecule has 0 aliphatic rings. The van der Waals surface area contributed by atoms with Crippen LogP contribution in [0.15, 0.2) is 34.9 Å². The van der Waals surface area contributed by atoms with E-state index >= 15 is 0 Å². The molecule has 0 spiro atoms. The van der Waals surface area contributed by atoms with Crippen LogP contribution in [0, 0.1) is 6.92 Å². The summed E-state index contributed by atoms with van der Waals surface area (Å²) in [4.78, 5) is 0. The maximum atomic E-state index is 6.09. The van der Waals surface area contributed by atoms with Crippen molar-refractivity contribution in [2.45, 2.75) is 6.92 Å². The van der Waals surface area contributed by atoms with Crippen molar-refractivity contribution in [3.05, 3.63) is 41.1 Å². The number of hydrogen-bond acceptors (Lipinski definition) is 2. The maximum Gasteiger partial charge on any atom is 0.152 e. The molecule has 0 radical (unpaired) electrons. The first kappa shape index (κ1) is 10.1. The van der Waals surface area contributed by atoms with E-state index in [1.54, 1.807) is 13.4 Å². The van der Waals surface area contributed by atoms with Crippen LogP contribution in [-0.4, -0.2) is 7.11 Å². The van der Waals surface area contributed by atoms with Crippen molar-refractivity contribution in [2.75, 3.05) is 7.11 Å². The summed E-state index contributed by atoms with van der Waals surface area (Å²) >= 11 is 6.09. The Balaban J connectivity index is 2.41. The van der Waals surface area contributed by atoms with Gasteiger partial charge in [-0.2, -0.15) is 0 Å². The van der Waals surface area contributed by atoms with Crippen molar-refractivity contribution in [2.24, 2.45) is 0 Å². The summed E-state index contributed by atoms with van der Waals surface area (Å²) in [5, 5.41) is 0.667. The van der Waals surface area contributed by atoms with E-state index in [0.29, 0.717) is 10.8 Å². The van der Waals surface area contributed by atoms with E-state index in [1.165, 1.54) is 0 Å². The number of methoxy groups -OCH3 is 1. The molecule has 2 rings (SSSR count). The molecule has 0 amide bonds. The molecule has 1 aromatic carbocycles. The van der Waals surface area contributed by atoms with Gasteiger partial charge in [0.15, 0.2) is 5.76 Å². The van der Waals surface area contributed by atoms with Crippen LogP contribution in [0.4, 0.5) is 0 Å². The van der Waals surface area contributed by atoms with E-state index in [9.17, 15) is 0 Å². The molecule has 0 atom stereocenters. The lowest BCUT2D eigenvalue weighted by atomic mass is 10.1. The van der Waals surface area contributed by atoms with E-state index in [2.05, 4.69) is 0 Å². The molecule has 0 bridgehead atoms. The molecule has 1 heterocycles. The lowest BCUT2D eigenvalue weighted by Crippen LogP contribution is -1.82. The Bertz CT molecular complexity index is 457. The fraction of sp³-hybridized carbons (Fsp3) is 0.167. The summed E-state index contributed by atoms with van der Waals surface area (Å²) in [5.74, 6) is 1.52. The van der Waals surface area contributed by atoms with Crippen LogP contribution in [0.1, 0.15) is 5.56 Å². The highest BCUT2D eigenvalue weighted by molar-refractivity contribution is 6.33. The van der Waals surface area contributed by atoms with E-state index < -0.39 is 0 Å². The highest BCUT2D eigenvalue weighted by Gasteiger charge is 2.10. The predicted molar refractivity (Wildman–Crippen MR) is 60.4 cm³/mol. The first-order chi connectivity index (χ1) is 7.22. The fourth-order valence-electron chi connectivity index (χ4n) is 1.37. The van der Waals surface area contributed by atoms with Gasteiger partial charge in [-0.15, -0.1) is 0 Å². The largest absolute Gasteiger partial charge is 0.497 e. The van der Waals surface area contributed by atoms with Crippen molar-refractivity contribution < 1.29 is 9.15 Å². The zero-order valence-electron chi connectivity index (χ0n) is 8.58. The molecule has 15 heavy (non-hydrogen) atoms. The van der Waals surface area contributed by atoms with Gasteiger partial charge in [0.1, 0.15) is 5.75 Å². The number of halogens is 1. The Morgan fingerprint density at radius 2 is 1.87 bits per heavy atom. The van der Waals surface area contributed by atoms with Crippen molar-refractivity contribution in [3.8, 4) is 17.1 Å². The third kappa shape index (κ3) is 1.85. The number of hydrogen-bond donors (Lipinski definition) is 0. The number of benzene rings is 1. The molecule has 0 N–H and O–H groups in total. The van der Waals surface area contributed by atoms with Gasteiger partial charge in [0.25, 0.3) is 0 Å². The van der Waals surface area contributed by atoms with Crippen LogP contribution in [0.5, 0.6) is 5.75 Å². The molecule has 0 saturated carbocycles. The normalized spacial score (nSPS) is 10.3. The van der Waals surface area contributed by atoms with Gasteiger partial charge in [0.2, 0.25) is 0 Å². The SMILES string of the molecule is COc1ccc(-c2occ(C)c2Cl)cc1. The van der Waals surface area contributed by atoms with E-state index in [4.69, 9.17) is 20.8 Å². The molecule has 0 aliphatic heterocycles. The van der Waals surface area contributed by atoms with Gasteiger partial charge in [-0.05, 0) is 31.2 Å². The van der Waals surface area contributed by atoms with Crippen LogP contribution in [0.2, 0.25) is 5.02 Å². The minimum atomic E-state index is 0.667. The second-order valence-electron chi connectivity index (χ2n) is 3.29. The zero-order valence-corrected chi connectivity index (χ0v) is 9.34. The summed E-state index contributed by atoms with van der Waals surface area (Å²) in [7, 11) is 1.64. The third-order valence-corrected chi connectivity index (χ3v) is 2.72. The molecule has 0 aliphatic carbocycles. The van der Waals surface area contributed by atoms with E-state index in [0.717, 1.165) is 16.9 Å². The Hall–Kier alpha value is -1.41. The second-order valence-corrected chi connectivity index (χ2v) is 3.67. The van der Waals surface area contributed by atoms with E-state index in [-0.39, 0.29) is 0 Å². The molecule has 1 aromatic heterocycles. The van der Waals surface area contributed by atoms with Crippen molar-refractivity contribution in [3.63, 3.8) is 0 Å². The molecule has 0 unspecified atom stereocenters. The van der Waals surface area contributed by atoms with Crippen molar-refractivity contribution in [1.29, 1.82) is 0 Å². The second kappa shape index (κ2) is 3.99. The fourth-order valence-corrected chi connectivity index (χ4v) is 1.57. The summed E-state index contributed by atoms with van der Waals surface area (Å²) in [6.45, 7) is 1.92. The summed E-state index contributed by atoms with van der Waals surface area (Å²) in [6.07, 6.45) is 1.65. The average molecular weight is 223 g/mol. The quantitative estimate of drug-likeness (QED) is 0.769. The number of furan rings is 1. The predicted octanol–water partition coefficient (Wildman–Crippen LogP) is 3.92. The van der Waals surface area contributed by atoms with Gasteiger partial charge in [-0.1, -0.05) is 11.6 Å². The van der Waals surface area contributed by atoms with Gasteiger partial charge in [-0.25, -0.2) is 0 Å². The van der Waals surface area contributed by atoms with Crippen LogP contribution in [0.3, 0.4) is 0 Å². The highest BCUT2D eigenvalue weighted by atomic mass is 35.5.